The Morgan fingerprint density at radius 1 is 0.607 bits per heavy atom. The number of rotatable bonds is 12. The fourth-order valence-electron chi connectivity index (χ4n) is 3.41. The summed E-state index contributed by atoms with van der Waals surface area (Å²) in [4.78, 5) is 48.7. The van der Waals surface area contributed by atoms with Crippen LogP contribution in [0, 0.1) is 23.7 Å². The van der Waals surface area contributed by atoms with Gasteiger partial charge in [-0.2, -0.15) is 0 Å². The molecule has 0 N–H and O–H groups in total. The lowest BCUT2D eigenvalue weighted by Gasteiger charge is -2.39. The van der Waals surface area contributed by atoms with E-state index < -0.39 is 35.7 Å². The molecule has 0 radical (unpaired) electrons. The molecule has 0 aromatic heterocycles. The van der Waals surface area contributed by atoms with Gasteiger partial charge in [0.05, 0.1) is 26.4 Å². The molecule has 0 amide bonds. The monoisotopic (exact) mass is 400 g/mol. The van der Waals surface area contributed by atoms with Crippen molar-refractivity contribution < 1.29 is 38.1 Å². The molecular weight excluding hydrogens is 368 g/mol. The Hall–Kier alpha value is -2.12. The molecule has 0 heterocycles. The predicted octanol–water partition coefficient (Wildman–Crippen LogP) is 2.28. The van der Waals surface area contributed by atoms with Gasteiger partial charge >= 0.3 is 23.9 Å². The van der Waals surface area contributed by atoms with Gasteiger partial charge in [-0.15, -0.1) is 0 Å². The Balaban J connectivity index is 2.80. The molecule has 0 bridgehead atoms. The van der Waals surface area contributed by atoms with Crippen molar-refractivity contribution in [2.75, 3.05) is 26.4 Å². The number of hydrogen-bond donors (Lipinski definition) is 0. The van der Waals surface area contributed by atoms with Crippen LogP contribution in [0.25, 0.3) is 0 Å². The number of esters is 4. The molecule has 1 unspecified atom stereocenters. The highest BCUT2D eigenvalue weighted by molar-refractivity contribution is 5.95. The summed E-state index contributed by atoms with van der Waals surface area (Å²) in [6.07, 6.45) is 2.16. The molecule has 28 heavy (non-hydrogen) atoms. The largest absolute Gasteiger partial charge is 0.465 e. The topological polar surface area (TPSA) is 105 Å². The van der Waals surface area contributed by atoms with Gasteiger partial charge in [-0.05, 0) is 65.2 Å². The van der Waals surface area contributed by atoms with Crippen LogP contribution in [0.3, 0.4) is 0 Å². The fraction of sp³-hybridized carbons (Fsp3) is 0.800. The molecular formula is C20H32O8. The lowest BCUT2D eigenvalue weighted by molar-refractivity contribution is -0.167. The summed E-state index contributed by atoms with van der Waals surface area (Å²) in [6.45, 7) is 7.41. The smallest absolute Gasteiger partial charge is 0.320 e. The van der Waals surface area contributed by atoms with Crippen molar-refractivity contribution in [1.82, 2.24) is 0 Å². The second-order valence-corrected chi connectivity index (χ2v) is 6.68. The number of carbonyl (C=O) groups excluding carboxylic acids is 4. The maximum absolute atomic E-state index is 12.2. The Bertz CT molecular complexity index is 460. The normalized spacial score (nSPS) is 18.4. The minimum atomic E-state index is -0.990. The minimum Gasteiger partial charge on any atom is -0.465 e. The van der Waals surface area contributed by atoms with Crippen LogP contribution < -0.4 is 0 Å². The minimum absolute atomic E-state index is 0.0187. The molecule has 160 valence electrons. The molecule has 1 saturated carbocycles. The summed E-state index contributed by atoms with van der Waals surface area (Å²) in [7, 11) is 0. The Kier molecular flexibility index (Phi) is 10.6. The van der Waals surface area contributed by atoms with Crippen LogP contribution in [0.15, 0.2) is 0 Å². The molecule has 8 nitrogen and oxygen atoms in total. The van der Waals surface area contributed by atoms with Crippen LogP contribution in [0.4, 0.5) is 0 Å². The molecule has 1 aliphatic carbocycles. The van der Waals surface area contributed by atoms with E-state index in [2.05, 4.69) is 0 Å². The van der Waals surface area contributed by atoms with Crippen LogP contribution in [-0.2, 0) is 38.1 Å². The number of ether oxygens (including phenoxy) is 4. The van der Waals surface area contributed by atoms with Gasteiger partial charge in [-0.1, -0.05) is 0 Å². The molecule has 2 atom stereocenters. The molecule has 0 aromatic rings. The Morgan fingerprint density at radius 2 is 0.857 bits per heavy atom. The zero-order valence-corrected chi connectivity index (χ0v) is 17.2. The molecule has 0 spiro atoms. The molecule has 1 fully saturated rings. The lowest BCUT2D eigenvalue weighted by atomic mass is 9.66. The highest BCUT2D eigenvalue weighted by Gasteiger charge is 2.42. The van der Waals surface area contributed by atoms with Gasteiger partial charge in [-0.25, -0.2) is 0 Å². The average molecular weight is 400 g/mol. The highest BCUT2D eigenvalue weighted by Crippen LogP contribution is 2.43. The van der Waals surface area contributed by atoms with Crippen LogP contribution in [-0.4, -0.2) is 50.3 Å². The molecule has 0 aliphatic heterocycles. The summed E-state index contributed by atoms with van der Waals surface area (Å²) in [5.41, 5.74) is 0. The third-order valence-electron chi connectivity index (χ3n) is 4.94. The summed E-state index contributed by atoms with van der Waals surface area (Å²) in [5, 5.41) is 0. The lowest BCUT2D eigenvalue weighted by Crippen LogP contribution is -2.38. The zero-order chi connectivity index (χ0) is 21.1. The van der Waals surface area contributed by atoms with E-state index in [1.807, 2.05) is 0 Å². The number of hydrogen-bond acceptors (Lipinski definition) is 8. The third-order valence-corrected chi connectivity index (χ3v) is 4.94. The quantitative estimate of drug-likeness (QED) is 0.279. The first kappa shape index (κ1) is 23.9. The van der Waals surface area contributed by atoms with Crippen molar-refractivity contribution in [1.29, 1.82) is 0 Å². The Morgan fingerprint density at radius 3 is 1.04 bits per heavy atom. The average Bonchev–Trinajstić information content (AvgIpc) is 2.62. The Labute approximate surface area is 166 Å². The van der Waals surface area contributed by atoms with Gasteiger partial charge in [0.15, 0.2) is 11.8 Å². The maximum Gasteiger partial charge on any atom is 0.320 e. The van der Waals surface area contributed by atoms with Gasteiger partial charge in [0.1, 0.15) is 0 Å². The van der Waals surface area contributed by atoms with Gasteiger partial charge in [0, 0.05) is 0 Å². The van der Waals surface area contributed by atoms with E-state index in [0.717, 1.165) is 12.8 Å². The van der Waals surface area contributed by atoms with E-state index in [9.17, 15) is 19.2 Å². The third kappa shape index (κ3) is 6.80. The highest BCUT2D eigenvalue weighted by atomic mass is 16.6. The van der Waals surface area contributed by atoms with Crippen molar-refractivity contribution >= 4 is 23.9 Å². The fourth-order valence-corrected chi connectivity index (χ4v) is 3.41. The van der Waals surface area contributed by atoms with Crippen LogP contribution in [0.5, 0.6) is 0 Å². The molecule has 8 heteroatoms. The van der Waals surface area contributed by atoms with E-state index in [0.29, 0.717) is 0 Å². The second kappa shape index (κ2) is 12.4. The van der Waals surface area contributed by atoms with E-state index in [1.165, 1.54) is 0 Å². The maximum atomic E-state index is 12.2. The van der Waals surface area contributed by atoms with Crippen molar-refractivity contribution in [2.24, 2.45) is 23.7 Å². The van der Waals surface area contributed by atoms with Crippen molar-refractivity contribution in [3.63, 3.8) is 0 Å². The second-order valence-electron chi connectivity index (χ2n) is 6.68. The van der Waals surface area contributed by atoms with Crippen LogP contribution >= 0.6 is 0 Å². The predicted molar refractivity (Wildman–Crippen MR) is 99.0 cm³/mol. The standard InChI is InChI=1S/C20H32O8/c1-5-25-17(21)15(18(22)26-6-2)11-13-9-10-14(13)12-16(19(23)27-7-3)20(24)28-8-4/h13-16H,5-12H2,1-4H3/t13-,14?/m1/s1. The van der Waals surface area contributed by atoms with E-state index in [-0.39, 0.29) is 51.1 Å². The van der Waals surface area contributed by atoms with Gasteiger partial charge in [-0.3, -0.25) is 19.2 Å². The molecule has 1 aliphatic rings. The summed E-state index contributed by atoms with van der Waals surface area (Å²) < 4.78 is 20.0. The first-order chi connectivity index (χ1) is 13.4. The molecule has 0 aromatic carbocycles. The van der Waals surface area contributed by atoms with Gasteiger partial charge in [0.25, 0.3) is 0 Å². The van der Waals surface area contributed by atoms with Gasteiger partial charge < -0.3 is 18.9 Å². The SMILES string of the molecule is CCOC(=O)C(CC1CC[C@@H]1CC(C(=O)OCC)C(=O)OCC)C(=O)OCC. The molecule has 1 rings (SSSR count). The first-order valence-electron chi connectivity index (χ1n) is 10.1. The van der Waals surface area contributed by atoms with E-state index in [1.54, 1.807) is 27.7 Å². The van der Waals surface area contributed by atoms with Crippen molar-refractivity contribution in [3.05, 3.63) is 0 Å². The van der Waals surface area contributed by atoms with Crippen LogP contribution in [0.2, 0.25) is 0 Å². The van der Waals surface area contributed by atoms with E-state index >= 15 is 0 Å². The van der Waals surface area contributed by atoms with Crippen molar-refractivity contribution in [3.8, 4) is 0 Å². The zero-order valence-electron chi connectivity index (χ0n) is 17.2. The summed E-state index contributed by atoms with van der Waals surface area (Å²) in [5.74, 6) is -4.33. The number of carbonyl (C=O) groups is 4. The molecule has 0 saturated heterocycles. The van der Waals surface area contributed by atoms with Gasteiger partial charge in [0.2, 0.25) is 0 Å². The van der Waals surface area contributed by atoms with Crippen LogP contribution in [0.1, 0.15) is 53.4 Å². The summed E-state index contributed by atoms with van der Waals surface area (Å²) >= 11 is 0. The first-order valence-corrected chi connectivity index (χ1v) is 10.1. The summed E-state index contributed by atoms with van der Waals surface area (Å²) in [6, 6.07) is 0. The van der Waals surface area contributed by atoms with Crippen molar-refractivity contribution in [2.45, 2.75) is 53.4 Å². The van der Waals surface area contributed by atoms with E-state index in [4.69, 9.17) is 18.9 Å².